The SMILES string of the molecule is CCc1c(NN)ncnc1N1CCCC1CN(C)C. The second-order valence-electron chi connectivity index (χ2n) is 5.27. The monoisotopic (exact) mass is 264 g/mol. The lowest BCUT2D eigenvalue weighted by Crippen LogP contribution is -2.38. The van der Waals surface area contributed by atoms with E-state index in [1.54, 1.807) is 6.33 Å². The van der Waals surface area contributed by atoms with Crippen LogP contribution in [0, 0.1) is 0 Å². The fourth-order valence-corrected chi connectivity index (χ4v) is 2.83. The van der Waals surface area contributed by atoms with Crippen molar-refractivity contribution in [3.63, 3.8) is 0 Å². The molecule has 0 spiro atoms. The molecule has 2 heterocycles. The van der Waals surface area contributed by atoms with Crippen molar-refractivity contribution >= 4 is 11.6 Å². The van der Waals surface area contributed by atoms with E-state index in [9.17, 15) is 0 Å². The molecule has 1 saturated heterocycles. The number of hydrogen-bond acceptors (Lipinski definition) is 6. The lowest BCUT2D eigenvalue weighted by atomic mass is 10.1. The summed E-state index contributed by atoms with van der Waals surface area (Å²) >= 11 is 0. The van der Waals surface area contributed by atoms with E-state index in [1.807, 2.05) is 0 Å². The van der Waals surface area contributed by atoms with Gasteiger partial charge in [-0.05, 0) is 33.4 Å². The van der Waals surface area contributed by atoms with Crippen molar-refractivity contribution in [1.82, 2.24) is 14.9 Å². The molecule has 1 aliphatic rings. The summed E-state index contributed by atoms with van der Waals surface area (Å²) in [5.74, 6) is 7.32. The number of nitrogen functional groups attached to an aromatic ring is 1. The minimum absolute atomic E-state index is 0.529. The van der Waals surface area contributed by atoms with Gasteiger partial charge in [0.1, 0.15) is 18.0 Å². The third kappa shape index (κ3) is 2.96. The van der Waals surface area contributed by atoms with Gasteiger partial charge in [-0.3, -0.25) is 0 Å². The Kier molecular flexibility index (Phi) is 4.55. The molecule has 19 heavy (non-hydrogen) atoms. The molecule has 0 amide bonds. The van der Waals surface area contributed by atoms with Crippen LogP contribution in [0.15, 0.2) is 6.33 Å². The summed E-state index contributed by atoms with van der Waals surface area (Å²) < 4.78 is 0. The molecule has 0 radical (unpaired) electrons. The highest BCUT2D eigenvalue weighted by atomic mass is 15.3. The Hall–Kier alpha value is -1.40. The van der Waals surface area contributed by atoms with Crippen molar-refractivity contribution < 1.29 is 0 Å². The first-order chi connectivity index (χ1) is 9.17. The molecular formula is C13H24N6. The van der Waals surface area contributed by atoms with Crippen LogP contribution in [0.2, 0.25) is 0 Å². The van der Waals surface area contributed by atoms with Crippen LogP contribution in [0.5, 0.6) is 0 Å². The number of aromatic nitrogens is 2. The predicted octanol–water partition coefficient (Wildman–Crippen LogP) is 0.855. The third-order valence-electron chi connectivity index (χ3n) is 3.64. The van der Waals surface area contributed by atoms with Crippen LogP contribution in [0.1, 0.15) is 25.3 Å². The maximum absolute atomic E-state index is 5.54. The second-order valence-corrected chi connectivity index (χ2v) is 5.27. The summed E-state index contributed by atoms with van der Waals surface area (Å²) in [5.41, 5.74) is 3.78. The second kappa shape index (κ2) is 6.16. The van der Waals surface area contributed by atoms with Gasteiger partial charge in [0.15, 0.2) is 0 Å². The fraction of sp³-hybridized carbons (Fsp3) is 0.692. The van der Waals surface area contributed by atoms with Gasteiger partial charge in [0.05, 0.1) is 0 Å². The van der Waals surface area contributed by atoms with Gasteiger partial charge in [-0.25, -0.2) is 15.8 Å². The van der Waals surface area contributed by atoms with E-state index in [2.05, 4.69) is 46.2 Å². The molecule has 106 valence electrons. The van der Waals surface area contributed by atoms with E-state index < -0.39 is 0 Å². The summed E-state index contributed by atoms with van der Waals surface area (Å²) in [5, 5.41) is 0. The maximum atomic E-state index is 5.54. The lowest BCUT2D eigenvalue weighted by Gasteiger charge is -2.29. The van der Waals surface area contributed by atoms with E-state index in [4.69, 9.17) is 5.84 Å². The molecule has 1 unspecified atom stereocenters. The first-order valence-electron chi connectivity index (χ1n) is 6.89. The molecule has 1 aromatic rings. The van der Waals surface area contributed by atoms with Gasteiger partial charge in [0, 0.05) is 24.7 Å². The number of rotatable bonds is 5. The molecule has 1 aliphatic heterocycles. The highest BCUT2D eigenvalue weighted by molar-refractivity contribution is 5.59. The molecule has 6 nitrogen and oxygen atoms in total. The first kappa shape index (κ1) is 14.0. The van der Waals surface area contributed by atoms with Crippen molar-refractivity contribution in [1.29, 1.82) is 0 Å². The fourth-order valence-electron chi connectivity index (χ4n) is 2.83. The van der Waals surface area contributed by atoms with E-state index in [0.717, 1.165) is 36.7 Å². The molecule has 1 fully saturated rings. The van der Waals surface area contributed by atoms with Crippen LogP contribution in [0.3, 0.4) is 0 Å². The van der Waals surface area contributed by atoms with Crippen LogP contribution >= 0.6 is 0 Å². The average molecular weight is 264 g/mol. The van der Waals surface area contributed by atoms with Gasteiger partial charge in [-0.2, -0.15) is 0 Å². The van der Waals surface area contributed by atoms with Crippen LogP contribution in [-0.2, 0) is 6.42 Å². The molecular weight excluding hydrogens is 240 g/mol. The van der Waals surface area contributed by atoms with Crippen molar-refractivity contribution in [2.24, 2.45) is 5.84 Å². The number of hydrazine groups is 1. The van der Waals surface area contributed by atoms with E-state index in [-0.39, 0.29) is 0 Å². The summed E-state index contributed by atoms with van der Waals surface area (Å²) in [6, 6.07) is 0.529. The van der Waals surface area contributed by atoms with Gasteiger partial charge in [-0.1, -0.05) is 6.92 Å². The zero-order valence-electron chi connectivity index (χ0n) is 12.1. The van der Waals surface area contributed by atoms with Crippen molar-refractivity contribution in [3.8, 4) is 0 Å². The normalized spacial score (nSPS) is 19.2. The Morgan fingerprint density at radius 2 is 2.26 bits per heavy atom. The molecule has 2 rings (SSSR count). The Morgan fingerprint density at radius 3 is 2.89 bits per heavy atom. The molecule has 0 bridgehead atoms. The third-order valence-corrected chi connectivity index (χ3v) is 3.64. The van der Waals surface area contributed by atoms with Crippen LogP contribution in [0.4, 0.5) is 11.6 Å². The van der Waals surface area contributed by atoms with E-state index >= 15 is 0 Å². The zero-order chi connectivity index (χ0) is 13.8. The Morgan fingerprint density at radius 1 is 1.47 bits per heavy atom. The minimum atomic E-state index is 0.529. The topological polar surface area (TPSA) is 70.3 Å². The van der Waals surface area contributed by atoms with Crippen LogP contribution in [-0.4, -0.2) is 48.1 Å². The van der Waals surface area contributed by atoms with Gasteiger partial charge in [0.2, 0.25) is 0 Å². The molecule has 6 heteroatoms. The van der Waals surface area contributed by atoms with Gasteiger partial charge >= 0.3 is 0 Å². The van der Waals surface area contributed by atoms with Gasteiger partial charge in [-0.15, -0.1) is 0 Å². The number of anilines is 2. The van der Waals surface area contributed by atoms with Crippen molar-refractivity contribution in [2.45, 2.75) is 32.2 Å². The smallest absolute Gasteiger partial charge is 0.148 e. The summed E-state index contributed by atoms with van der Waals surface area (Å²) in [4.78, 5) is 13.3. The number of nitrogens with one attached hydrogen (secondary N) is 1. The predicted molar refractivity (Wildman–Crippen MR) is 78.1 cm³/mol. The first-order valence-corrected chi connectivity index (χ1v) is 6.89. The summed E-state index contributed by atoms with van der Waals surface area (Å²) in [6.45, 7) is 4.23. The van der Waals surface area contributed by atoms with Gasteiger partial charge < -0.3 is 15.2 Å². The highest BCUT2D eigenvalue weighted by Gasteiger charge is 2.28. The molecule has 0 saturated carbocycles. The Bertz CT molecular complexity index is 420. The highest BCUT2D eigenvalue weighted by Crippen LogP contribution is 2.29. The number of nitrogens with two attached hydrogens (primary N) is 1. The van der Waals surface area contributed by atoms with Crippen LogP contribution < -0.4 is 16.2 Å². The van der Waals surface area contributed by atoms with E-state index in [1.165, 1.54) is 12.8 Å². The van der Waals surface area contributed by atoms with Gasteiger partial charge in [0.25, 0.3) is 0 Å². The minimum Gasteiger partial charge on any atom is -0.352 e. The van der Waals surface area contributed by atoms with Crippen molar-refractivity contribution in [3.05, 3.63) is 11.9 Å². The average Bonchev–Trinajstić information content (AvgIpc) is 2.84. The molecule has 0 aliphatic carbocycles. The summed E-state index contributed by atoms with van der Waals surface area (Å²) in [6.07, 6.45) is 4.91. The largest absolute Gasteiger partial charge is 0.352 e. The standard InChI is InChI=1S/C13H24N6/c1-4-11-12(17-14)15-9-16-13(11)19-7-5-6-10(19)8-18(2)3/h9-10H,4-8,14H2,1-3H3,(H,15,16,17). The zero-order valence-corrected chi connectivity index (χ0v) is 12.1. The number of hydrogen-bond donors (Lipinski definition) is 2. The molecule has 1 atom stereocenters. The van der Waals surface area contributed by atoms with E-state index in [0.29, 0.717) is 6.04 Å². The number of nitrogens with zero attached hydrogens (tertiary/aromatic N) is 4. The lowest BCUT2D eigenvalue weighted by molar-refractivity contribution is 0.371. The Labute approximate surface area is 115 Å². The summed E-state index contributed by atoms with van der Waals surface area (Å²) in [7, 11) is 4.23. The quantitative estimate of drug-likeness (QED) is 0.607. The molecule has 3 N–H and O–H groups in total. The number of likely N-dealkylation sites (N-methyl/N-ethyl adjacent to an activating group) is 1. The maximum Gasteiger partial charge on any atom is 0.148 e. The van der Waals surface area contributed by atoms with Crippen molar-refractivity contribution in [2.75, 3.05) is 37.5 Å². The van der Waals surface area contributed by atoms with Crippen LogP contribution in [0.25, 0.3) is 0 Å². The molecule has 1 aromatic heterocycles. The Balaban J connectivity index is 2.29. The molecule has 0 aromatic carbocycles.